The van der Waals surface area contributed by atoms with Gasteiger partial charge < -0.3 is 10.6 Å². The average Bonchev–Trinajstić information content (AvgIpc) is 2.71. The van der Waals surface area contributed by atoms with Gasteiger partial charge in [-0.05, 0) is 39.0 Å². The Balaban J connectivity index is 1.97. The molecule has 1 heterocycles. The number of halogens is 1. The van der Waals surface area contributed by atoms with E-state index in [0.29, 0.717) is 12.2 Å². The molecule has 2 rings (SSSR count). The minimum atomic E-state index is -0.385. The molecular formula is C15H19FN4O. The third-order valence-electron chi connectivity index (χ3n) is 3.34. The van der Waals surface area contributed by atoms with Gasteiger partial charge in [0.05, 0.1) is 5.69 Å². The number of aromatic nitrogens is 2. The summed E-state index contributed by atoms with van der Waals surface area (Å²) in [5, 5.41) is 9.75. The lowest BCUT2D eigenvalue weighted by Crippen LogP contribution is -2.28. The molecule has 0 unspecified atom stereocenters. The normalized spacial score (nSPS) is 10.5. The van der Waals surface area contributed by atoms with Crippen LogP contribution >= 0.6 is 0 Å². The molecule has 1 aromatic carbocycles. The molecule has 0 radical (unpaired) electrons. The molecule has 0 aliphatic carbocycles. The lowest BCUT2D eigenvalue weighted by Gasteiger charge is -2.08. The summed E-state index contributed by atoms with van der Waals surface area (Å²) in [6.07, 6.45) is 0. The number of benzene rings is 1. The molecule has 0 spiro atoms. The van der Waals surface area contributed by atoms with Crippen LogP contribution in [0.1, 0.15) is 23.9 Å². The maximum Gasteiger partial charge on any atom is 0.319 e. The quantitative estimate of drug-likeness (QED) is 0.909. The van der Waals surface area contributed by atoms with Crippen molar-refractivity contribution in [2.24, 2.45) is 0 Å². The van der Waals surface area contributed by atoms with E-state index in [-0.39, 0.29) is 11.8 Å². The maximum absolute atomic E-state index is 13.0. The Morgan fingerprint density at radius 2 is 2.14 bits per heavy atom. The highest BCUT2D eigenvalue weighted by Gasteiger charge is 2.11. The van der Waals surface area contributed by atoms with Crippen LogP contribution in [0.15, 0.2) is 24.3 Å². The van der Waals surface area contributed by atoms with Gasteiger partial charge in [-0.1, -0.05) is 6.07 Å². The molecule has 2 amide bonds. The highest BCUT2D eigenvalue weighted by Crippen LogP contribution is 2.13. The molecule has 5 nitrogen and oxygen atoms in total. The van der Waals surface area contributed by atoms with E-state index >= 15 is 0 Å². The van der Waals surface area contributed by atoms with Crippen LogP contribution in [-0.4, -0.2) is 15.8 Å². The number of rotatable bonds is 4. The standard InChI is InChI=1S/C15H19FN4O/c1-4-20-11(3)14(10(2)19-20)9-17-15(21)18-13-7-5-6-12(16)8-13/h5-8H,4,9H2,1-3H3,(H2,17,18,21). The summed E-state index contributed by atoms with van der Waals surface area (Å²) in [6.45, 7) is 7.10. The first kappa shape index (κ1) is 15.0. The molecule has 0 aliphatic rings. The van der Waals surface area contributed by atoms with E-state index in [1.807, 2.05) is 25.5 Å². The van der Waals surface area contributed by atoms with Crippen LogP contribution in [0.3, 0.4) is 0 Å². The summed E-state index contributed by atoms with van der Waals surface area (Å²) in [5.41, 5.74) is 3.37. The monoisotopic (exact) mass is 290 g/mol. The van der Waals surface area contributed by atoms with E-state index in [2.05, 4.69) is 15.7 Å². The smallest absolute Gasteiger partial charge is 0.319 e. The zero-order valence-electron chi connectivity index (χ0n) is 12.4. The van der Waals surface area contributed by atoms with Gasteiger partial charge in [0.25, 0.3) is 0 Å². The lowest BCUT2D eigenvalue weighted by atomic mass is 10.2. The van der Waals surface area contributed by atoms with Crippen LogP contribution < -0.4 is 10.6 Å². The fourth-order valence-corrected chi connectivity index (χ4v) is 2.21. The number of amides is 2. The first-order valence-electron chi connectivity index (χ1n) is 6.84. The van der Waals surface area contributed by atoms with Crippen LogP contribution in [-0.2, 0) is 13.1 Å². The van der Waals surface area contributed by atoms with Crippen molar-refractivity contribution in [2.45, 2.75) is 33.9 Å². The molecule has 0 fully saturated rings. The largest absolute Gasteiger partial charge is 0.334 e. The first-order valence-corrected chi connectivity index (χ1v) is 6.84. The Bertz CT molecular complexity index is 651. The zero-order valence-corrected chi connectivity index (χ0v) is 12.4. The molecule has 0 saturated carbocycles. The summed E-state index contributed by atoms with van der Waals surface area (Å²) >= 11 is 0. The van der Waals surface area contributed by atoms with Gasteiger partial charge in [-0.2, -0.15) is 5.10 Å². The molecule has 112 valence electrons. The van der Waals surface area contributed by atoms with Crippen molar-refractivity contribution >= 4 is 11.7 Å². The second-order valence-corrected chi connectivity index (χ2v) is 4.78. The number of hydrogen-bond acceptors (Lipinski definition) is 2. The van der Waals surface area contributed by atoms with Crippen molar-refractivity contribution < 1.29 is 9.18 Å². The first-order chi connectivity index (χ1) is 10.0. The Morgan fingerprint density at radius 1 is 1.38 bits per heavy atom. The van der Waals surface area contributed by atoms with Crippen LogP contribution in [0.4, 0.5) is 14.9 Å². The van der Waals surface area contributed by atoms with E-state index in [9.17, 15) is 9.18 Å². The van der Waals surface area contributed by atoms with Crippen LogP contribution in [0, 0.1) is 19.7 Å². The lowest BCUT2D eigenvalue weighted by molar-refractivity contribution is 0.251. The predicted octanol–water partition coefficient (Wildman–Crippen LogP) is 2.98. The summed E-state index contributed by atoms with van der Waals surface area (Å²) in [4.78, 5) is 11.8. The molecule has 2 aromatic rings. The van der Waals surface area contributed by atoms with Crippen molar-refractivity contribution in [3.05, 3.63) is 47.0 Å². The fourth-order valence-electron chi connectivity index (χ4n) is 2.21. The molecule has 1 aromatic heterocycles. The third-order valence-corrected chi connectivity index (χ3v) is 3.34. The van der Waals surface area contributed by atoms with E-state index in [0.717, 1.165) is 23.5 Å². The molecular weight excluding hydrogens is 271 g/mol. The Hall–Kier alpha value is -2.37. The molecule has 2 N–H and O–H groups in total. The van der Waals surface area contributed by atoms with E-state index < -0.39 is 0 Å². The van der Waals surface area contributed by atoms with Crippen LogP contribution in [0.25, 0.3) is 0 Å². The fraction of sp³-hybridized carbons (Fsp3) is 0.333. The van der Waals surface area contributed by atoms with Gasteiger partial charge in [-0.25, -0.2) is 9.18 Å². The Labute approximate surface area is 123 Å². The topological polar surface area (TPSA) is 59.0 Å². The maximum atomic E-state index is 13.0. The minimum absolute atomic E-state index is 0.372. The van der Waals surface area contributed by atoms with E-state index in [4.69, 9.17) is 0 Å². The van der Waals surface area contributed by atoms with Crippen molar-refractivity contribution in [3.63, 3.8) is 0 Å². The Morgan fingerprint density at radius 3 is 2.76 bits per heavy atom. The number of aryl methyl sites for hydroxylation is 2. The highest BCUT2D eigenvalue weighted by molar-refractivity contribution is 5.89. The number of hydrogen-bond donors (Lipinski definition) is 2. The molecule has 0 saturated heterocycles. The summed E-state index contributed by atoms with van der Waals surface area (Å²) < 4.78 is 14.9. The average molecular weight is 290 g/mol. The number of anilines is 1. The van der Waals surface area contributed by atoms with Gasteiger partial charge in [-0.3, -0.25) is 4.68 Å². The van der Waals surface area contributed by atoms with E-state index in [1.165, 1.54) is 12.1 Å². The second-order valence-electron chi connectivity index (χ2n) is 4.78. The van der Waals surface area contributed by atoms with Crippen molar-refractivity contribution in [2.75, 3.05) is 5.32 Å². The number of carbonyl (C=O) groups excluding carboxylic acids is 1. The molecule has 0 aliphatic heterocycles. The summed E-state index contributed by atoms with van der Waals surface area (Å²) in [6, 6.07) is 5.41. The number of nitrogens with zero attached hydrogens (tertiary/aromatic N) is 2. The number of urea groups is 1. The van der Waals surface area contributed by atoms with Gasteiger partial charge in [0.15, 0.2) is 0 Å². The van der Waals surface area contributed by atoms with Crippen molar-refractivity contribution in [1.82, 2.24) is 15.1 Å². The van der Waals surface area contributed by atoms with Gasteiger partial charge in [0.2, 0.25) is 0 Å². The molecule has 21 heavy (non-hydrogen) atoms. The zero-order chi connectivity index (χ0) is 15.4. The van der Waals surface area contributed by atoms with Crippen LogP contribution in [0.5, 0.6) is 0 Å². The SMILES string of the molecule is CCn1nc(C)c(CNC(=O)Nc2cccc(F)c2)c1C. The van der Waals surface area contributed by atoms with Gasteiger partial charge in [0.1, 0.15) is 5.82 Å². The highest BCUT2D eigenvalue weighted by atomic mass is 19.1. The number of carbonyl (C=O) groups is 1. The number of nitrogens with one attached hydrogen (secondary N) is 2. The molecule has 0 bridgehead atoms. The third kappa shape index (κ3) is 3.59. The predicted molar refractivity (Wildman–Crippen MR) is 79.6 cm³/mol. The summed E-state index contributed by atoms with van der Waals surface area (Å²) in [7, 11) is 0. The second kappa shape index (κ2) is 6.39. The van der Waals surface area contributed by atoms with E-state index in [1.54, 1.807) is 12.1 Å². The van der Waals surface area contributed by atoms with Crippen molar-refractivity contribution in [1.29, 1.82) is 0 Å². The van der Waals surface area contributed by atoms with Gasteiger partial charge >= 0.3 is 6.03 Å². The summed E-state index contributed by atoms with van der Waals surface area (Å²) in [5.74, 6) is -0.385. The molecule has 0 atom stereocenters. The van der Waals surface area contributed by atoms with Gasteiger partial charge in [0, 0.05) is 30.0 Å². The van der Waals surface area contributed by atoms with Crippen molar-refractivity contribution in [3.8, 4) is 0 Å². The van der Waals surface area contributed by atoms with Gasteiger partial charge in [-0.15, -0.1) is 0 Å². The molecule has 6 heteroatoms. The van der Waals surface area contributed by atoms with Crippen LogP contribution in [0.2, 0.25) is 0 Å². The minimum Gasteiger partial charge on any atom is -0.334 e. The Kier molecular flexibility index (Phi) is 4.57.